The molecule has 1 heterocycles. The van der Waals surface area contributed by atoms with Gasteiger partial charge in [-0.15, -0.1) is 11.3 Å². The van der Waals surface area contributed by atoms with Crippen molar-refractivity contribution in [2.45, 2.75) is 31.2 Å². The molecule has 0 bridgehead atoms. The normalized spacial score (nSPS) is 13.5. The Labute approximate surface area is 130 Å². The molecule has 2 N–H and O–H groups in total. The van der Waals surface area contributed by atoms with Crippen molar-refractivity contribution >= 4 is 27.0 Å². The number of nitrogens with zero attached hydrogens (tertiary/aromatic N) is 1. The largest absolute Gasteiger partial charge is 0.399 e. The van der Waals surface area contributed by atoms with Crippen molar-refractivity contribution in [3.8, 4) is 0 Å². The van der Waals surface area contributed by atoms with Crippen LogP contribution in [0.5, 0.6) is 0 Å². The lowest BCUT2D eigenvalue weighted by atomic mass is 10.1. The zero-order valence-corrected chi connectivity index (χ0v) is 14.0. The van der Waals surface area contributed by atoms with Gasteiger partial charge in [-0.25, -0.2) is 8.42 Å². The predicted molar refractivity (Wildman–Crippen MR) is 87.9 cm³/mol. The Hall–Kier alpha value is -1.37. The molecule has 0 saturated heterocycles. The molecule has 0 saturated carbocycles. The Morgan fingerprint density at radius 3 is 2.62 bits per heavy atom. The number of benzene rings is 1. The van der Waals surface area contributed by atoms with E-state index in [1.807, 2.05) is 31.4 Å². The minimum absolute atomic E-state index is 0.207. The molecule has 21 heavy (non-hydrogen) atoms. The fourth-order valence-corrected chi connectivity index (χ4v) is 4.74. The average Bonchev–Trinajstić information content (AvgIpc) is 2.99. The summed E-state index contributed by atoms with van der Waals surface area (Å²) in [7, 11) is -1.96. The van der Waals surface area contributed by atoms with E-state index in [4.69, 9.17) is 5.73 Å². The van der Waals surface area contributed by atoms with E-state index in [-0.39, 0.29) is 6.04 Å². The Balaban J connectivity index is 2.44. The van der Waals surface area contributed by atoms with Gasteiger partial charge in [0.1, 0.15) is 0 Å². The molecule has 0 spiro atoms. The molecule has 1 aromatic carbocycles. The number of anilines is 1. The highest BCUT2D eigenvalue weighted by Gasteiger charge is 2.28. The molecule has 2 aromatic rings. The fraction of sp³-hybridized carbons (Fsp3) is 0.333. The van der Waals surface area contributed by atoms with E-state index in [1.165, 1.54) is 4.31 Å². The van der Waals surface area contributed by atoms with Crippen LogP contribution in [0, 0.1) is 0 Å². The van der Waals surface area contributed by atoms with Gasteiger partial charge in [0, 0.05) is 17.6 Å². The van der Waals surface area contributed by atoms with Gasteiger partial charge >= 0.3 is 0 Å². The van der Waals surface area contributed by atoms with Crippen LogP contribution in [0.25, 0.3) is 0 Å². The van der Waals surface area contributed by atoms with E-state index in [1.54, 1.807) is 36.6 Å². The van der Waals surface area contributed by atoms with Crippen molar-refractivity contribution in [2.24, 2.45) is 0 Å². The molecule has 1 atom stereocenters. The number of sulfonamides is 1. The van der Waals surface area contributed by atoms with E-state index in [0.717, 1.165) is 10.4 Å². The molecule has 0 aliphatic rings. The van der Waals surface area contributed by atoms with Crippen molar-refractivity contribution in [3.05, 3.63) is 46.2 Å². The molecule has 0 amide bonds. The summed E-state index contributed by atoms with van der Waals surface area (Å²) in [4.78, 5) is 1.32. The zero-order chi connectivity index (χ0) is 15.6. The number of rotatable bonds is 5. The van der Waals surface area contributed by atoms with Crippen LogP contribution in [-0.2, 0) is 16.4 Å². The molecule has 0 fully saturated rings. The first-order valence-corrected chi connectivity index (χ1v) is 9.09. The summed E-state index contributed by atoms with van der Waals surface area (Å²) in [6, 6.07) is 8.73. The van der Waals surface area contributed by atoms with E-state index < -0.39 is 10.0 Å². The van der Waals surface area contributed by atoms with E-state index in [0.29, 0.717) is 17.0 Å². The summed E-state index contributed by atoms with van der Waals surface area (Å²) < 4.78 is 27.2. The van der Waals surface area contributed by atoms with Gasteiger partial charge in [0.25, 0.3) is 0 Å². The smallest absolute Gasteiger partial charge is 0.243 e. The minimum atomic E-state index is -3.57. The van der Waals surface area contributed by atoms with Crippen molar-refractivity contribution in [3.63, 3.8) is 0 Å². The van der Waals surface area contributed by atoms with Crippen LogP contribution in [0.4, 0.5) is 5.69 Å². The van der Waals surface area contributed by atoms with Crippen LogP contribution in [-0.4, -0.2) is 19.8 Å². The molecule has 1 aromatic heterocycles. The van der Waals surface area contributed by atoms with E-state index >= 15 is 0 Å². The quantitative estimate of drug-likeness (QED) is 0.859. The van der Waals surface area contributed by atoms with Crippen molar-refractivity contribution in [2.75, 3.05) is 12.8 Å². The van der Waals surface area contributed by atoms with Gasteiger partial charge < -0.3 is 5.73 Å². The predicted octanol–water partition coefficient (Wildman–Crippen LogP) is 3.27. The second-order valence-corrected chi connectivity index (χ2v) is 7.88. The van der Waals surface area contributed by atoms with Gasteiger partial charge in [-0.2, -0.15) is 4.31 Å². The van der Waals surface area contributed by atoms with Crippen LogP contribution < -0.4 is 5.73 Å². The van der Waals surface area contributed by atoms with Crippen molar-refractivity contribution in [1.82, 2.24) is 4.31 Å². The zero-order valence-electron chi connectivity index (χ0n) is 12.4. The molecule has 0 aliphatic carbocycles. The summed E-state index contributed by atoms with van der Waals surface area (Å²) >= 11 is 1.55. The van der Waals surface area contributed by atoms with Gasteiger partial charge in [-0.05, 0) is 42.5 Å². The molecular weight excluding hydrogens is 304 g/mol. The summed E-state index contributed by atoms with van der Waals surface area (Å²) in [6.45, 7) is 3.83. The van der Waals surface area contributed by atoms with Crippen LogP contribution >= 0.6 is 11.3 Å². The standard InChI is InChI=1S/C15H20N2O2S2/c1-4-12-7-8-13(16)10-15(12)21(18,19)17(3)11(2)14-6-5-9-20-14/h5-11H,4,16H2,1-3H3. The Kier molecular flexibility index (Phi) is 4.70. The van der Waals surface area contributed by atoms with Gasteiger partial charge in [0.05, 0.1) is 10.9 Å². The maximum absolute atomic E-state index is 12.9. The molecule has 6 heteroatoms. The third-order valence-corrected chi connectivity index (χ3v) is 6.68. The highest BCUT2D eigenvalue weighted by molar-refractivity contribution is 7.89. The summed E-state index contributed by atoms with van der Waals surface area (Å²) in [5.74, 6) is 0. The molecule has 2 rings (SSSR count). The third-order valence-electron chi connectivity index (χ3n) is 3.63. The monoisotopic (exact) mass is 324 g/mol. The SMILES string of the molecule is CCc1ccc(N)cc1S(=O)(=O)N(C)C(C)c1cccs1. The average molecular weight is 324 g/mol. The summed E-state index contributed by atoms with van der Waals surface area (Å²) in [5, 5.41) is 1.95. The van der Waals surface area contributed by atoms with Gasteiger partial charge in [-0.3, -0.25) is 0 Å². The lowest BCUT2D eigenvalue weighted by Crippen LogP contribution is -2.30. The molecule has 1 unspecified atom stereocenters. The molecule has 114 valence electrons. The van der Waals surface area contributed by atoms with Crippen molar-refractivity contribution < 1.29 is 8.42 Å². The first kappa shape index (κ1) is 16.0. The number of nitrogens with two attached hydrogens (primary N) is 1. The van der Waals surface area contributed by atoms with Crippen molar-refractivity contribution in [1.29, 1.82) is 0 Å². The number of aryl methyl sites for hydroxylation is 1. The highest BCUT2D eigenvalue weighted by atomic mass is 32.2. The van der Waals surface area contributed by atoms with E-state index in [9.17, 15) is 8.42 Å². The third kappa shape index (κ3) is 3.12. The summed E-state index contributed by atoms with van der Waals surface area (Å²) in [5.41, 5.74) is 7.02. The first-order chi connectivity index (χ1) is 9.87. The second kappa shape index (κ2) is 6.17. The van der Waals surface area contributed by atoms with Gasteiger partial charge in [0.15, 0.2) is 0 Å². The van der Waals surface area contributed by atoms with Crippen LogP contribution in [0.2, 0.25) is 0 Å². The van der Waals surface area contributed by atoms with Gasteiger partial charge in [0.2, 0.25) is 10.0 Å². The molecule has 0 aliphatic heterocycles. The lowest BCUT2D eigenvalue weighted by Gasteiger charge is -2.24. The maximum Gasteiger partial charge on any atom is 0.243 e. The topological polar surface area (TPSA) is 63.4 Å². The van der Waals surface area contributed by atoms with Crippen LogP contribution in [0.1, 0.15) is 30.3 Å². The number of hydrogen-bond acceptors (Lipinski definition) is 4. The molecule has 4 nitrogen and oxygen atoms in total. The first-order valence-electron chi connectivity index (χ1n) is 6.77. The Morgan fingerprint density at radius 2 is 2.05 bits per heavy atom. The number of nitrogen functional groups attached to an aromatic ring is 1. The van der Waals surface area contributed by atoms with Crippen LogP contribution in [0.3, 0.4) is 0 Å². The molecule has 0 radical (unpaired) electrons. The Bertz CT molecular complexity index is 709. The Morgan fingerprint density at radius 1 is 1.33 bits per heavy atom. The summed E-state index contributed by atoms with van der Waals surface area (Å²) in [6.07, 6.45) is 0.649. The minimum Gasteiger partial charge on any atom is -0.399 e. The fourth-order valence-electron chi connectivity index (χ4n) is 2.17. The van der Waals surface area contributed by atoms with Crippen LogP contribution in [0.15, 0.2) is 40.6 Å². The van der Waals surface area contributed by atoms with Gasteiger partial charge in [-0.1, -0.05) is 19.1 Å². The lowest BCUT2D eigenvalue weighted by molar-refractivity contribution is 0.402. The number of thiophene rings is 1. The number of hydrogen-bond donors (Lipinski definition) is 1. The molecular formula is C15H20N2O2S2. The second-order valence-electron chi connectivity index (χ2n) is 4.93. The maximum atomic E-state index is 12.9. The van der Waals surface area contributed by atoms with E-state index in [2.05, 4.69) is 0 Å². The highest BCUT2D eigenvalue weighted by Crippen LogP contribution is 2.30.